The average molecular weight is 457 g/mol. The fourth-order valence-corrected chi connectivity index (χ4v) is 4.48. The van der Waals surface area contributed by atoms with Gasteiger partial charge in [-0.15, -0.1) is 0 Å². The molecule has 32 heavy (non-hydrogen) atoms. The molecule has 0 saturated heterocycles. The Morgan fingerprint density at radius 2 is 1.66 bits per heavy atom. The van der Waals surface area contributed by atoms with E-state index in [2.05, 4.69) is 5.32 Å². The molecule has 3 aromatic carbocycles. The van der Waals surface area contributed by atoms with Gasteiger partial charge >= 0.3 is 0 Å². The summed E-state index contributed by atoms with van der Waals surface area (Å²) in [5.74, 6) is 0.0621. The number of nitrogen functional groups attached to an aromatic ring is 1. The fraction of sp³-hybridized carbons (Fsp3) is 0.0952. The number of nitrogens with zero attached hydrogens (tertiary/aromatic N) is 1. The second-order valence-electron chi connectivity index (χ2n) is 6.50. The van der Waals surface area contributed by atoms with Gasteiger partial charge in [0.2, 0.25) is 9.84 Å². The molecule has 10 nitrogen and oxygen atoms in total. The van der Waals surface area contributed by atoms with Crippen LogP contribution in [0.2, 0.25) is 0 Å². The van der Waals surface area contributed by atoms with Gasteiger partial charge in [0.05, 0.1) is 34.5 Å². The van der Waals surface area contributed by atoms with E-state index in [1.807, 2.05) is 0 Å². The summed E-state index contributed by atoms with van der Waals surface area (Å²) in [5.41, 5.74) is 5.72. The Bertz CT molecular complexity index is 1290. The highest BCUT2D eigenvalue weighted by atomic mass is 32.2. The van der Waals surface area contributed by atoms with Gasteiger partial charge in [-0.1, -0.05) is 6.07 Å². The third-order valence-electron chi connectivity index (χ3n) is 4.57. The van der Waals surface area contributed by atoms with Crippen molar-refractivity contribution in [2.24, 2.45) is 0 Å². The van der Waals surface area contributed by atoms with E-state index in [0.29, 0.717) is 17.2 Å². The Morgan fingerprint density at radius 1 is 1.00 bits per heavy atom. The molecule has 0 fully saturated rings. The molecule has 0 saturated carbocycles. The van der Waals surface area contributed by atoms with Gasteiger partial charge in [0, 0.05) is 29.6 Å². The van der Waals surface area contributed by atoms with Crippen LogP contribution in [0.4, 0.5) is 17.1 Å². The first-order valence-corrected chi connectivity index (χ1v) is 10.6. The number of benzene rings is 3. The standard InChI is InChI=1S/C21H19N3O7S/c1-30-17-11-6-13(12-18(17)31-2)23-21(25)20-16(22)4-3-5-19(20)32(28,29)15-9-7-14(8-10-15)24(26)27/h3-12H,22H2,1-2H3,(H,23,25). The third-order valence-corrected chi connectivity index (χ3v) is 6.39. The van der Waals surface area contributed by atoms with Gasteiger partial charge in [-0.2, -0.15) is 0 Å². The molecule has 0 aliphatic heterocycles. The first-order valence-electron chi connectivity index (χ1n) is 9.10. The Kier molecular flexibility index (Phi) is 6.30. The molecule has 0 radical (unpaired) electrons. The Balaban J connectivity index is 2.02. The summed E-state index contributed by atoms with van der Waals surface area (Å²) in [4.78, 5) is 22.7. The lowest BCUT2D eigenvalue weighted by Crippen LogP contribution is -2.19. The van der Waals surface area contributed by atoms with Crippen molar-refractivity contribution >= 4 is 32.8 Å². The highest BCUT2D eigenvalue weighted by Crippen LogP contribution is 2.32. The maximum atomic E-state index is 13.2. The van der Waals surface area contributed by atoms with Crippen LogP contribution < -0.4 is 20.5 Å². The van der Waals surface area contributed by atoms with Crippen LogP contribution in [0.1, 0.15) is 10.4 Å². The first-order chi connectivity index (χ1) is 15.2. The van der Waals surface area contributed by atoms with E-state index >= 15 is 0 Å². The number of non-ortho nitro benzene ring substituents is 1. The number of ether oxygens (including phenoxy) is 2. The minimum absolute atomic E-state index is 0.0500. The Labute approximate surface area is 183 Å². The van der Waals surface area contributed by atoms with E-state index in [0.717, 1.165) is 24.3 Å². The molecule has 166 valence electrons. The summed E-state index contributed by atoms with van der Waals surface area (Å²) in [5, 5.41) is 13.5. The SMILES string of the molecule is COc1ccc(NC(=O)c2c(N)cccc2S(=O)(=O)c2ccc([N+](=O)[O-])cc2)cc1OC. The zero-order chi connectivity index (χ0) is 23.5. The summed E-state index contributed by atoms with van der Waals surface area (Å²) >= 11 is 0. The van der Waals surface area contributed by atoms with Crippen molar-refractivity contribution in [2.75, 3.05) is 25.3 Å². The number of carbonyl (C=O) groups is 1. The zero-order valence-electron chi connectivity index (χ0n) is 17.1. The molecular weight excluding hydrogens is 438 g/mol. The van der Waals surface area contributed by atoms with E-state index in [9.17, 15) is 23.3 Å². The number of anilines is 2. The van der Waals surface area contributed by atoms with E-state index in [-0.39, 0.29) is 26.7 Å². The minimum atomic E-state index is -4.20. The topological polar surface area (TPSA) is 151 Å². The van der Waals surface area contributed by atoms with Gasteiger partial charge in [0.15, 0.2) is 11.5 Å². The number of sulfone groups is 1. The molecule has 11 heteroatoms. The predicted molar refractivity (Wildman–Crippen MR) is 117 cm³/mol. The van der Waals surface area contributed by atoms with Crippen molar-refractivity contribution in [1.29, 1.82) is 0 Å². The van der Waals surface area contributed by atoms with E-state index in [1.54, 1.807) is 12.1 Å². The molecular formula is C21H19N3O7S. The predicted octanol–water partition coefficient (Wildman–Crippen LogP) is 3.28. The van der Waals surface area contributed by atoms with Crippen molar-refractivity contribution < 1.29 is 27.6 Å². The maximum Gasteiger partial charge on any atom is 0.269 e. The van der Waals surface area contributed by atoms with Crippen LogP contribution in [-0.4, -0.2) is 33.5 Å². The number of hydrogen-bond acceptors (Lipinski definition) is 8. The van der Waals surface area contributed by atoms with Crippen LogP contribution in [0.25, 0.3) is 0 Å². The first kappa shape index (κ1) is 22.6. The fourth-order valence-electron chi connectivity index (χ4n) is 3.00. The van der Waals surface area contributed by atoms with Crippen LogP contribution >= 0.6 is 0 Å². The second kappa shape index (κ2) is 8.94. The molecule has 3 aromatic rings. The van der Waals surface area contributed by atoms with Gasteiger partial charge in [-0.3, -0.25) is 14.9 Å². The number of hydrogen-bond donors (Lipinski definition) is 2. The normalized spacial score (nSPS) is 10.9. The van der Waals surface area contributed by atoms with Crippen molar-refractivity contribution in [3.05, 3.63) is 76.3 Å². The highest BCUT2D eigenvalue weighted by molar-refractivity contribution is 7.91. The molecule has 3 rings (SSSR count). The summed E-state index contributed by atoms with van der Waals surface area (Å²) in [6.07, 6.45) is 0. The number of nitro benzene ring substituents is 1. The van der Waals surface area contributed by atoms with E-state index in [1.165, 1.54) is 38.5 Å². The molecule has 1 amide bonds. The van der Waals surface area contributed by atoms with Gasteiger partial charge in [-0.05, 0) is 36.4 Å². The van der Waals surface area contributed by atoms with Crippen LogP contribution in [0.15, 0.2) is 70.5 Å². The van der Waals surface area contributed by atoms with Gasteiger partial charge in [-0.25, -0.2) is 8.42 Å². The molecule has 0 unspecified atom stereocenters. The number of nitrogens with one attached hydrogen (secondary N) is 1. The largest absolute Gasteiger partial charge is 0.493 e. The Hall–Kier alpha value is -4.12. The number of amides is 1. The summed E-state index contributed by atoms with van der Waals surface area (Å²) < 4.78 is 36.7. The lowest BCUT2D eigenvalue weighted by Gasteiger charge is -2.14. The van der Waals surface area contributed by atoms with Crippen LogP contribution in [0.3, 0.4) is 0 Å². The molecule has 0 atom stereocenters. The molecule has 3 N–H and O–H groups in total. The lowest BCUT2D eigenvalue weighted by molar-refractivity contribution is -0.384. The monoisotopic (exact) mass is 457 g/mol. The molecule has 0 aliphatic rings. The van der Waals surface area contributed by atoms with Crippen LogP contribution in [0, 0.1) is 10.1 Å². The van der Waals surface area contributed by atoms with E-state index < -0.39 is 20.7 Å². The van der Waals surface area contributed by atoms with E-state index in [4.69, 9.17) is 15.2 Å². The van der Waals surface area contributed by atoms with Gasteiger partial charge in [0.1, 0.15) is 0 Å². The number of carbonyl (C=O) groups excluding carboxylic acids is 1. The smallest absolute Gasteiger partial charge is 0.269 e. The zero-order valence-corrected chi connectivity index (χ0v) is 17.9. The summed E-state index contributed by atoms with van der Waals surface area (Å²) in [6.45, 7) is 0. The molecule has 0 heterocycles. The van der Waals surface area contributed by atoms with Crippen LogP contribution in [-0.2, 0) is 9.84 Å². The van der Waals surface area contributed by atoms with Crippen molar-refractivity contribution in [1.82, 2.24) is 0 Å². The summed E-state index contributed by atoms with van der Waals surface area (Å²) in [7, 11) is -1.30. The molecule has 0 spiro atoms. The molecule has 0 bridgehead atoms. The third kappa shape index (κ3) is 4.32. The van der Waals surface area contributed by atoms with Crippen molar-refractivity contribution in [3.63, 3.8) is 0 Å². The number of methoxy groups -OCH3 is 2. The molecule has 0 aromatic heterocycles. The minimum Gasteiger partial charge on any atom is -0.493 e. The number of nitro groups is 1. The Morgan fingerprint density at radius 3 is 2.25 bits per heavy atom. The highest BCUT2D eigenvalue weighted by Gasteiger charge is 2.27. The second-order valence-corrected chi connectivity index (χ2v) is 8.42. The quantitative estimate of drug-likeness (QED) is 0.312. The maximum absolute atomic E-state index is 13.2. The molecule has 0 aliphatic carbocycles. The number of nitrogens with two attached hydrogens (primary N) is 1. The van der Waals surface area contributed by atoms with Crippen LogP contribution in [0.5, 0.6) is 11.5 Å². The summed E-state index contributed by atoms with van der Waals surface area (Å²) in [6, 6.07) is 13.1. The van der Waals surface area contributed by atoms with Gasteiger partial charge in [0.25, 0.3) is 11.6 Å². The average Bonchev–Trinajstić information content (AvgIpc) is 2.78. The number of rotatable bonds is 7. The van der Waals surface area contributed by atoms with Crippen molar-refractivity contribution in [3.8, 4) is 11.5 Å². The lowest BCUT2D eigenvalue weighted by atomic mass is 10.1. The van der Waals surface area contributed by atoms with Gasteiger partial charge < -0.3 is 20.5 Å². The van der Waals surface area contributed by atoms with Crippen molar-refractivity contribution in [2.45, 2.75) is 9.79 Å².